The van der Waals surface area contributed by atoms with Gasteiger partial charge >= 0.3 is 0 Å². The van der Waals surface area contributed by atoms with Gasteiger partial charge < -0.3 is 16.0 Å². The van der Waals surface area contributed by atoms with Crippen LogP contribution < -0.4 is 16.0 Å². The highest BCUT2D eigenvalue weighted by molar-refractivity contribution is 6.41. The Labute approximate surface area is 133 Å². The third-order valence-corrected chi connectivity index (χ3v) is 3.31. The lowest BCUT2D eigenvalue weighted by atomic mass is 9.92. The van der Waals surface area contributed by atoms with Gasteiger partial charge in [0, 0.05) is 0 Å². The van der Waals surface area contributed by atoms with Gasteiger partial charge in [-0.25, -0.2) is 0 Å². The van der Waals surface area contributed by atoms with Crippen LogP contribution in [0.3, 0.4) is 0 Å². The number of carbonyl (C=O) groups excluding carboxylic acids is 3. The van der Waals surface area contributed by atoms with Gasteiger partial charge in [0.15, 0.2) is 0 Å². The number of ketones is 2. The van der Waals surface area contributed by atoms with E-state index in [9.17, 15) is 14.4 Å². The Morgan fingerprint density at radius 1 is 0.818 bits per heavy atom. The van der Waals surface area contributed by atoms with Crippen molar-refractivity contribution < 1.29 is 14.4 Å². The molecule has 3 N–H and O–H groups in total. The summed E-state index contributed by atoms with van der Waals surface area (Å²) in [5, 5.41) is 8.30. The molecule has 0 spiro atoms. The summed E-state index contributed by atoms with van der Waals surface area (Å²) in [5.41, 5.74) is 0. The minimum absolute atomic E-state index is 0.123. The highest BCUT2D eigenvalue weighted by Gasteiger charge is 2.31. The van der Waals surface area contributed by atoms with Gasteiger partial charge in [-0.3, -0.25) is 14.4 Å². The maximum absolute atomic E-state index is 12.5. The van der Waals surface area contributed by atoms with E-state index in [1.54, 1.807) is 14.1 Å². The van der Waals surface area contributed by atoms with E-state index in [2.05, 4.69) is 16.0 Å². The second-order valence-electron chi connectivity index (χ2n) is 6.48. The van der Waals surface area contributed by atoms with E-state index in [1.807, 2.05) is 27.7 Å². The van der Waals surface area contributed by atoms with Gasteiger partial charge in [0.1, 0.15) is 0 Å². The number of Topliss-reactive ketones (excluding diaryl/α,β-unsaturated/α-hetero) is 2. The number of rotatable bonds is 11. The van der Waals surface area contributed by atoms with Gasteiger partial charge in [-0.05, 0) is 38.8 Å². The molecule has 0 fully saturated rings. The fourth-order valence-corrected chi connectivity index (χ4v) is 2.28. The molecule has 0 saturated heterocycles. The molecule has 2 atom stereocenters. The normalized spacial score (nSPS) is 14.0. The minimum atomic E-state index is -0.753. The summed E-state index contributed by atoms with van der Waals surface area (Å²) in [4.78, 5) is 36.6. The van der Waals surface area contributed by atoms with Crippen LogP contribution in [0.2, 0.25) is 0 Å². The van der Waals surface area contributed by atoms with Crippen molar-refractivity contribution in [2.75, 3.05) is 20.6 Å². The Balaban J connectivity index is 4.99. The molecule has 0 aliphatic carbocycles. The Hall–Kier alpha value is -1.27. The first kappa shape index (κ1) is 20.7. The zero-order chi connectivity index (χ0) is 17.3. The third kappa shape index (κ3) is 7.66. The molecule has 0 heterocycles. The molecule has 0 aromatic heterocycles. The highest BCUT2D eigenvalue weighted by Crippen LogP contribution is 2.11. The Morgan fingerprint density at radius 2 is 1.27 bits per heavy atom. The summed E-state index contributed by atoms with van der Waals surface area (Å²) in [6.07, 6.45) is 1.05. The van der Waals surface area contributed by atoms with Crippen LogP contribution in [0.5, 0.6) is 0 Å². The molecule has 0 aromatic rings. The average molecular weight is 313 g/mol. The zero-order valence-electron chi connectivity index (χ0n) is 14.7. The summed E-state index contributed by atoms with van der Waals surface area (Å²) in [6.45, 7) is 8.04. The van der Waals surface area contributed by atoms with Crippen molar-refractivity contribution >= 4 is 17.5 Å². The van der Waals surface area contributed by atoms with Crippen molar-refractivity contribution in [2.45, 2.75) is 52.6 Å². The SMILES string of the molecule is CNCC(=O)N[C@@H](CC(C)C)C(=O)C(=O)[C@H](CC(C)C)NC. The number of carbonyl (C=O) groups is 3. The second-order valence-corrected chi connectivity index (χ2v) is 6.48. The fraction of sp³-hybridized carbons (Fsp3) is 0.812. The van der Waals surface area contributed by atoms with E-state index in [-0.39, 0.29) is 18.4 Å². The fourth-order valence-electron chi connectivity index (χ4n) is 2.28. The second kappa shape index (κ2) is 10.5. The molecule has 0 unspecified atom stereocenters. The Bertz CT molecular complexity index is 381. The topological polar surface area (TPSA) is 87.3 Å². The van der Waals surface area contributed by atoms with Gasteiger partial charge in [0.05, 0.1) is 18.6 Å². The molecular formula is C16H31N3O3. The van der Waals surface area contributed by atoms with Gasteiger partial charge in [0.2, 0.25) is 17.5 Å². The number of amides is 1. The molecule has 0 aliphatic rings. The quantitative estimate of drug-likeness (QED) is 0.484. The average Bonchev–Trinajstić information content (AvgIpc) is 2.42. The van der Waals surface area contributed by atoms with E-state index in [0.29, 0.717) is 18.8 Å². The van der Waals surface area contributed by atoms with Crippen LogP contribution in [0.15, 0.2) is 0 Å². The van der Waals surface area contributed by atoms with Crippen LogP contribution in [0.1, 0.15) is 40.5 Å². The predicted molar refractivity (Wildman–Crippen MR) is 87.6 cm³/mol. The van der Waals surface area contributed by atoms with E-state index in [4.69, 9.17) is 0 Å². The molecule has 0 saturated carbocycles. The number of hydrogen-bond donors (Lipinski definition) is 3. The van der Waals surface area contributed by atoms with E-state index >= 15 is 0 Å². The molecule has 0 rings (SSSR count). The first-order valence-electron chi connectivity index (χ1n) is 7.92. The van der Waals surface area contributed by atoms with Crippen molar-refractivity contribution in [2.24, 2.45) is 11.8 Å². The largest absolute Gasteiger partial charge is 0.345 e. The maximum atomic E-state index is 12.5. The van der Waals surface area contributed by atoms with Crippen molar-refractivity contribution in [3.63, 3.8) is 0 Å². The highest BCUT2D eigenvalue weighted by atomic mass is 16.2. The van der Waals surface area contributed by atoms with Crippen LogP contribution in [-0.2, 0) is 14.4 Å². The van der Waals surface area contributed by atoms with Gasteiger partial charge in [-0.1, -0.05) is 27.7 Å². The molecule has 128 valence electrons. The van der Waals surface area contributed by atoms with Crippen molar-refractivity contribution in [1.29, 1.82) is 0 Å². The standard InChI is InChI=1S/C16H31N3O3/c1-10(2)7-12(18-6)15(21)16(22)13(8-11(3)4)19-14(20)9-17-5/h10-13,17-18H,7-9H2,1-6H3,(H,19,20)/t12-,13-/m0/s1. The number of nitrogens with one attached hydrogen (secondary N) is 3. The van der Waals surface area contributed by atoms with Gasteiger partial charge in [0.25, 0.3) is 0 Å². The molecule has 6 nitrogen and oxygen atoms in total. The molecular weight excluding hydrogens is 282 g/mol. The summed E-state index contributed by atoms with van der Waals surface area (Å²) in [5.74, 6) is -0.740. The summed E-state index contributed by atoms with van der Waals surface area (Å²) >= 11 is 0. The van der Waals surface area contributed by atoms with Crippen LogP contribution >= 0.6 is 0 Å². The Kier molecular flexibility index (Phi) is 9.85. The first-order valence-corrected chi connectivity index (χ1v) is 7.92. The molecule has 0 aliphatic heterocycles. The molecule has 0 radical (unpaired) electrons. The predicted octanol–water partition coefficient (Wildman–Crippen LogP) is 0.509. The lowest BCUT2D eigenvalue weighted by Crippen LogP contribution is -2.51. The van der Waals surface area contributed by atoms with E-state index < -0.39 is 23.7 Å². The van der Waals surface area contributed by atoms with Crippen LogP contribution in [-0.4, -0.2) is 50.2 Å². The van der Waals surface area contributed by atoms with Gasteiger partial charge in [-0.15, -0.1) is 0 Å². The lowest BCUT2D eigenvalue weighted by molar-refractivity contribution is -0.140. The number of hydrogen-bond acceptors (Lipinski definition) is 5. The Morgan fingerprint density at radius 3 is 1.68 bits per heavy atom. The molecule has 1 amide bonds. The number of likely N-dealkylation sites (N-methyl/N-ethyl adjacent to an activating group) is 2. The first-order chi connectivity index (χ1) is 10.2. The van der Waals surface area contributed by atoms with Gasteiger partial charge in [-0.2, -0.15) is 0 Å². The third-order valence-electron chi connectivity index (χ3n) is 3.31. The van der Waals surface area contributed by atoms with Crippen molar-refractivity contribution in [3.05, 3.63) is 0 Å². The van der Waals surface area contributed by atoms with E-state index in [1.165, 1.54) is 0 Å². The molecule has 6 heteroatoms. The summed E-state index contributed by atoms with van der Waals surface area (Å²) in [7, 11) is 3.33. The zero-order valence-corrected chi connectivity index (χ0v) is 14.7. The van der Waals surface area contributed by atoms with Crippen molar-refractivity contribution in [1.82, 2.24) is 16.0 Å². The van der Waals surface area contributed by atoms with Crippen LogP contribution in [0.4, 0.5) is 0 Å². The summed E-state index contributed by atoms with van der Waals surface area (Å²) < 4.78 is 0. The minimum Gasteiger partial charge on any atom is -0.345 e. The van der Waals surface area contributed by atoms with Crippen LogP contribution in [0.25, 0.3) is 0 Å². The monoisotopic (exact) mass is 313 g/mol. The maximum Gasteiger partial charge on any atom is 0.234 e. The summed E-state index contributed by atoms with van der Waals surface area (Å²) in [6, 6.07) is -1.25. The smallest absolute Gasteiger partial charge is 0.234 e. The van der Waals surface area contributed by atoms with Crippen LogP contribution in [0, 0.1) is 11.8 Å². The molecule has 0 bridgehead atoms. The van der Waals surface area contributed by atoms with Crippen molar-refractivity contribution in [3.8, 4) is 0 Å². The molecule has 0 aromatic carbocycles. The lowest BCUT2D eigenvalue weighted by Gasteiger charge is -2.22. The molecule has 22 heavy (non-hydrogen) atoms. The van der Waals surface area contributed by atoms with E-state index in [0.717, 1.165) is 0 Å².